The molecule has 0 aliphatic carbocycles. The van der Waals surface area contributed by atoms with Crippen LogP contribution >= 0.6 is 15.9 Å². The van der Waals surface area contributed by atoms with Gasteiger partial charge in [0.2, 0.25) is 0 Å². The summed E-state index contributed by atoms with van der Waals surface area (Å²) in [7, 11) is -1.28. The van der Waals surface area contributed by atoms with Crippen molar-refractivity contribution in [2.75, 3.05) is 5.73 Å². The first kappa shape index (κ1) is 13.2. The van der Waals surface area contributed by atoms with E-state index in [1.807, 2.05) is 24.3 Å². The molecule has 0 bridgehead atoms. The van der Waals surface area contributed by atoms with E-state index in [4.69, 9.17) is 5.73 Å². The van der Waals surface area contributed by atoms with E-state index in [1.165, 1.54) is 12.1 Å². The van der Waals surface area contributed by atoms with Gasteiger partial charge in [0.1, 0.15) is 5.82 Å². The quantitative estimate of drug-likeness (QED) is 0.877. The SMILES string of the molecule is Nc1ccc(S(=O)Cc2cccc(Br)c2)cc1F. The molecule has 2 nitrogen and oxygen atoms in total. The number of anilines is 1. The molecule has 1 atom stereocenters. The summed E-state index contributed by atoms with van der Waals surface area (Å²) in [6.07, 6.45) is 0. The summed E-state index contributed by atoms with van der Waals surface area (Å²) >= 11 is 3.35. The monoisotopic (exact) mass is 327 g/mol. The molecule has 5 heteroatoms. The van der Waals surface area contributed by atoms with Gasteiger partial charge in [-0.1, -0.05) is 28.1 Å². The topological polar surface area (TPSA) is 43.1 Å². The lowest BCUT2D eigenvalue weighted by atomic mass is 10.2. The molecule has 2 aromatic carbocycles. The highest BCUT2D eigenvalue weighted by Crippen LogP contribution is 2.19. The molecule has 0 aliphatic heterocycles. The van der Waals surface area contributed by atoms with E-state index in [0.717, 1.165) is 10.0 Å². The van der Waals surface area contributed by atoms with E-state index in [0.29, 0.717) is 10.6 Å². The van der Waals surface area contributed by atoms with Gasteiger partial charge in [0, 0.05) is 9.37 Å². The van der Waals surface area contributed by atoms with Gasteiger partial charge in [-0.05, 0) is 35.9 Å². The van der Waals surface area contributed by atoms with E-state index in [1.54, 1.807) is 6.07 Å². The highest BCUT2D eigenvalue weighted by atomic mass is 79.9. The Morgan fingerprint density at radius 1 is 1.22 bits per heavy atom. The second kappa shape index (κ2) is 5.63. The van der Waals surface area contributed by atoms with Crippen LogP contribution in [0.5, 0.6) is 0 Å². The maximum absolute atomic E-state index is 13.3. The minimum absolute atomic E-state index is 0.0678. The predicted octanol–water partition coefficient (Wildman–Crippen LogP) is 3.48. The van der Waals surface area contributed by atoms with Crippen LogP contribution in [0.2, 0.25) is 0 Å². The van der Waals surface area contributed by atoms with Crippen LogP contribution < -0.4 is 5.73 Å². The normalized spacial score (nSPS) is 12.3. The Labute approximate surface area is 116 Å². The van der Waals surface area contributed by atoms with Crippen molar-refractivity contribution < 1.29 is 8.60 Å². The average molecular weight is 328 g/mol. The van der Waals surface area contributed by atoms with Gasteiger partial charge < -0.3 is 5.73 Å². The third-order valence-corrected chi connectivity index (χ3v) is 4.29. The first-order chi connectivity index (χ1) is 8.56. The van der Waals surface area contributed by atoms with Crippen LogP contribution in [0.25, 0.3) is 0 Å². The maximum Gasteiger partial charge on any atom is 0.147 e. The number of benzene rings is 2. The number of nitrogens with two attached hydrogens (primary N) is 1. The lowest BCUT2D eigenvalue weighted by Gasteiger charge is -2.04. The molecule has 2 aromatic rings. The highest BCUT2D eigenvalue weighted by molar-refractivity contribution is 9.10. The molecule has 0 amide bonds. The first-order valence-corrected chi connectivity index (χ1v) is 7.35. The van der Waals surface area contributed by atoms with Crippen molar-refractivity contribution in [2.24, 2.45) is 0 Å². The Hall–Kier alpha value is -1.20. The van der Waals surface area contributed by atoms with Gasteiger partial charge in [-0.2, -0.15) is 0 Å². The third kappa shape index (κ3) is 3.17. The Kier molecular flexibility index (Phi) is 4.14. The molecule has 94 valence electrons. The second-order valence-corrected chi connectivity index (χ2v) is 6.17. The number of hydrogen-bond donors (Lipinski definition) is 1. The molecule has 0 heterocycles. The van der Waals surface area contributed by atoms with Gasteiger partial charge in [-0.15, -0.1) is 0 Å². The molecule has 0 saturated carbocycles. The zero-order valence-electron chi connectivity index (χ0n) is 9.40. The lowest BCUT2D eigenvalue weighted by Crippen LogP contribution is -1.99. The average Bonchev–Trinajstić information content (AvgIpc) is 2.32. The molecule has 0 aromatic heterocycles. The van der Waals surface area contributed by atoms with Crippen LogP contribution in [0.4, 0.5) is 10.1 Å². The van der Waals surface area contributed by atoms with E-state index in [-0.39, 0.29) is 5.69 Å². The van der Waals surface area contributed by atoms with Gasteiger partial charge in [-0.3, -0.25) is 4.21 Å². The molecule has 1 unspecified atom stereocenters. The Bertz CT molecular complexity index is 603. The Balaban J connectivity index is 2.19. The molecule has 0 saturated heterocycles. The predicted molar refractivity (Wildman–Crippen MR) is 75.1 cm³/mol. The van der Waals surface area contributed by atoms with Gasteiger partial charge in [0.05, 0.1) is 22.2 Å². The molecule has 2 rings (SSSR count). The van der Waals surface area contributed by atoms with E-state index < -0.39 is 16.6 Å². The zero-order valence-corrected chi connectivity index (χ0v) is 11.8. The van der Waals surface area contributed by atoms with Crippen molar-refractivity contribution >= 4 is 32.4 Å². The number of rotatable bonds is 3. The maximum atomic E-state index is 13.3. The lowest BCUT2D eigenvalue weighted by molar-refractivity contribution is 0.627. The summed E-state index contributed by atoms with van der Waals surface area (Å²) in [5.41, 5.74) is 6.38. The highest BCUT2D eigenvalue weighted by Gasteiger charge is 2.08. The van der Waals surface area contributed by atoms with Crippen LogP contribution in [0.1, 0.15) is 5.56 Å². The minimum atomic E-state index is -1.28. The number of hydrogen-bond acceptors (Lipinski definition) is 2. The van der Waals surface area contributed by atoms with Crippen LogP contribution in [0.3, 0.4) is 0 Å². The fourth-order valence-corrected chi connectivity index (χ4v) is 3.06. The molecule has 0 spiro atoms. The van der Waals surface area contributed by atoms with Crippen molar-refractivity contribution in [3.8, 4) is 0 Å². The first-order valence-electron chi connectivity index (χ1n) is 5.24. The van der Waals surface area contributed by atoms with Crippen LogP contribution in [0.15, 0.2) is 51.8 Å². The van der Waals surface area contributed by atoms with Crippen molar-refractivity contribution in [1.82, 2.24) is 0 Å². The molecule has 0 radical (unpaired) electrons. The zero-order chi connectivity index (χ0) is 13.1. The summed E-state index contributed by atoms with van der Waals surface area (Å²) in [4.78, 5) is 0.446. The molecule has 2 N–H and O–H groups in total. The molecular weight excluding hydrogens is 317 g/mol. The Morgan fingerprint density at radius 2 is 2.00 bits per heavy atom. The number of halogens is 2. The minimum Gasteiger partial charge on any atom is -0.396 e. The van der Waals surface area contributed by atoms with Gasteiger partial charge in [-0.25, -0.2) is 4.39 Å². The smallest absolute Gasteiger partial charge is 0.147 e. The van der Waals surface area contributed by atoms with E-state index >= 15 is 0 Å². The fourth-order valence-electron chi connectivity index (χ4n) is 1.51. The van der Waals surface area contributed by atoms with E-state index in [2.05, 4.69) is 15.9 Å². The van der Waals surface area contributed by atoms with Crippen molar-refractivity contribution in [3.05, 3.63) is 58.3 Å². The van der Waals surface area contributed by atoms with Crippen molar-refractivity contribution in [1.29, 1.82) is 0 Å². The summed E-state index contributed by atoms with van der Waals surface area (Å²) in [5.74, 6) is -0.182. The van der Waals surface area contributed by atoms with Crippen molar-refractivity contribution in [2.45, 2.75) is 10.6 Å². The molecular formula is C13H11BrFNOS. The van der Waals surface area contributed by atoms with Gasteiger partial charge in [0.15, 0.2) is 0 Å². The molecule has 18 heavy (non-hydrogen) atoms. The summed E-state index contributed by atoms with van der Waals surface area (Å²) < 4.78 is 26.3. The summed E-state index contributed by atoms with van der Waals surface area (Å²) in [6, 6.07) is 11.8. The van der Waals surface area contributed by atoms with Crippen LogP contribution in [-0.4, -0.2) is 4.21 Å². The van der Waals surface area contributed by atoms with Crippen LogP contribution in [-0.2, 0) is 16.6 Å². The third-order valence-electron chi connectivity index (χ3n) is 2.42. The van der Waals surface area contributed by atoms with Gasteiger partial charge in [0.25, 0.3) is 0 Å². The summed E-state index contributed by atoms with van der Waals surface area (Å²) in [5, 5.41) is 0. The standard InChI is InChI=1S/C13H11BrFNOS/c14-10-3-1-2-9(6-10)8-18(17)11-4-5-13(16)12(15)7-11/h1-7H,8,16H2. The Morgan fingerprint density at radius 3 is 2.67 bits per heavy atom. The van der Waals surface area contributed by atoms with Crippen molar-refractivity contribution in [3.63, 3.8) is 0 Å². The largest absolute Gasteiger partial charge is 0.396 e. The molecule has 0 fully saturated rings. The van der Waals surface area contributed by atoms with E-state index in [9.17, 15) is 8.60 Å². The van der Waals surface area contributed by atoms with Gasteiger partial charge >= 0.3 is 0 Å². The second-order valence-electron chi connectivity index (χ2n) is 3.80. The van der Waals surface area contributed by atoms with Crippen LogP contribution in [0, 0.1) is 5.82 Å². The molecule has 0 aliphatic rings. The fraction of sp³-hybridized carbons (Fsp3) is 0.0769. The summed E-state index contributed by atoms with van der Waals surface area (Å²) in [6.45, 7) is 0. The number of nitrogen functional groups attached to an aromatic ring is 1.